The van der Waals surface area contributed by atoms with Crippen molar-refractivity contribution < 1.29 is 39.8 Å². The maximum absolute atomic E-state index is 13.1. The lowest BCUT2D eigenvalue weighted by molar-refractivity contribution is -0.302. The number of nitrogens with one attached hydrogen (secondary N) is 1. The second kappa shape index (κ2) is 59.2. The first kappa shape index (κ1) is 75.1. The standard InChI is InChI=1S/C72H119NO8/c1-3-5-7-9-11-13-15-17-19-21-23-25-27-29-30-31-32-33-34-35-36-38-40-42-44-46-48-50-52-54-56-58-60-62-68(76)73-65(64-80-72-71(79)70(78)69(77)67(63-74)81-72)66(75)61-59-57-55-53-51-49-47-45-43-41-39-37-28-26-24-22-20-18-16-14-12-10-8-6-4-2/h5,7,11,13,17,19,23,25,29-30,32-33,35-36,40,42-43,45-46,48,51,53,59,61,65-67,69-72,74-75,77-79H,3-4,6,8-10,12,14-16,18,20-22,24,26-28,31,34,37-39,41,44,47,49-50,52,54-58,60,62-64H2,1-2H3,(H,73,76)/b7-5-,13-11-,19-17-,25-23-,30-29-,33-32-,36-35-,42-40-,45-43+,48-46-,53-51+,61-59+. The fraction of sp³-hybridized carbons (Fsp3) is 0.653. The van der Waals surface area contributed by atoms with E-state index in [1.807, 2.05) is 6.08 Å². The van der Waals surface area contributed by atoms with Gasteiger partial charge in [0.1, 0.15) is 24.4 Å². The van der Waals surface area contributed by atoms with Gasteiger partial charge < -0.3 is 40.3 Å². The molecule has 6 N–H and O–H groups in total. The lowest BCUT2D eigenvalue weighted by Crippen LogP contribution is -2.60. The van der Waals surface area contributed by atoms with E-state index >= 15 is 0 Å². The molecule has 0 aromatic carbocycles. The fourth-order valence-corrected chi connectivity index (χ4v) is 9.30. The van der Waals surface area contributed by atoms with E-state index in [2.05, 4.69) is 153 Å². The highest BCUT2D eigenvalue weighted by atomic mass is 16.7. The highest BCUT2D eigenvalue weighted by Gasteiger charge is 2.44. The lowest BCUT2D eigenvalue weighted by atomic mass is 9.99. The van der Waals surface area contributed by atoms with Crippen LogP contribution in [-0.2, 0) is 14.3 Å². The molecule has 81 heavy (non-hydrogen) atoms. The van der Waals surface area contributed by atoms with Crippen molar-refractivity contribution in [3.63, 3.8) is 0 Å². The number of unbranched alkanes of at least 4 members (excludes halogenated alkanes) is 22. The van der Waals surface area contributed by atoms with Gasteiger partial charge in [0.2, 0.25) is 5.91 Å². The summed E-state index contributed by atoms with van der Waals surface area (Å²) in [6.45, 7) is 3.64. The van der Waals surface area contributed by atoms with Gasteiger partial charge in [-0.2, -0.15) is 0 Å². The molecule has 1 rings (SSSR count). The molecule has 0 bridgehead atoms. The van der Waals surface area contributed by atoms with E-state index in [4.69, 9.17) is 9.47 Å². The summed E-state index contributed by atoms with van der Waals surface area (Å²) in [7, 11) is 0. The number of amides is 1. The van der Waals surface area contributed by atoms with E-state index in [-0.39, 0.29) is 12.5 Å². The van der Waals surface area contributed by atoms with Crippen LogP contribution in [0.5, 0.6) is 0 Å². The molecule has 1 saturated heterocycles. The quantitative estimate of drug-likeness (QED) is 0.0261. The van der Waals surface area contributed by atoms with Gasteiger partial charge in [-0.05, 0) is 116 Å². The van der Waals surface area contributed by atoms with Crippen molar-refractivity contribution in [2.24, 2.45) is 0 Å². The van der Waals surface area contributed by atoms with Crippen LogP contribution in [0.4, 0.5) is 0 Å². The first-order valence-corrected chi connectivity index (χ1v) is 32.6. The van der Waals surface area contributed by atoms with Gasteiger partial charge in [0.25, 0.3) is 0 Å². The molecule has 0 aliphatic carbocycles. The van der Waals surface area contributed by atoms with Crippen LogP contribution in [0.2, 0.25) is 0 Å². The van der Waals surface area contributed by atoms with E-state index in [0.717, 1.165) is 128 Å². The molecule has 0 spiro atoms. The molecule has 9 heteroatoms. The van der Waals surface area contributed by atoms with Crippen LogP contribution >= 0.6 is 0 Å². The van der Waals surface area contributed by atoms with Crippen molar-refractivity contribution in [1.29, 1.82) is 0 Å². The first-order chi connectivity index (χ1) is 39.8. The number of aliphatic hydroxyl groups is 5. The second-order valence-corrected chi connectivity index (χ2v) is 21.8. The number of rotatable bonds is 54. The van der Waals surface area contributed by atoms with Crippen LogP contribution in [-0.4, -0.2) is 87.5 Å². The molecule has 1 aliphatic rings. The minimum atomic E-state index is -1.59. The molecule has 0 aromatic heterocycles. The number of hydrogen-bond donors (Lipinski definition) is 6. The summed E-state index contributed by atoms with van der Waals surface area (Å²) in [6, 6.07) is -0.852. The monoisotopic (exact) mass is 1130 g/mol. The molecule has 1 heterocycles. The van der Waals surface area contributed by atoms with Crippen LogP contribution in [0.1, 0.15) is 245 Å². The summed E-state index contributed by atoms with van der Waals surface area (Å²) in [5.74, 6) is -0.215. The van der Waals surface area contributed by atoms with Crippen LogP contribution in [0.25, 0.3) is 0 Å². The van der Waals surface area contributed by atoms with Crippen molar-refractivity contribution in [2.75, 3.05) is 13.2 Å². The summed E-state index contributed by atoms with van der Waals surface area (Å²) < 4.78 is 11.3. The number of carbonyl (C=O) groups is 1. The van der Waals surface area contributed by atoms with Crippen molar-refractivity contribution in [3.8, 4) is 0 Å². The predicted octanol–water partition coefficient (Wildman–Crippen LogP) is 17.4. The minimum absolute atomic E-state index is 0.215. The van der Waals surface area contributed by atoms with E-state index in [1.165, 1.54) is 96.3 Å². The summed E-state index contributed by atoms with van der Waals surface area (Å²) in [5, 5.41) is 54.6. The summed E-state index contributed by atoms with van der Waals surface area (Å²) in [5.41, 5.74) is 0. The Balaban J connectivity index is 2.26. The molecule has 7 unspecified atom stereocenters. The Kier molecular flexibility index (Phi) is 54.9. The minimum Gasteiger partial charge on any atom is -0.394 e. The second-order valence-electron chi connectivity index (χ2n) is 21.8. The molecule has 460 valence electrons. The molecule has 0 saturated carbocycles. The zero-order chi connectivity index (χ0) is 58.6. The van der Waals surface area contributed by atoms with E-state index in [9.17, 15) is 30.3 Å². The molecular formula is C72H119NO8. The third kappa shape index (κ3) is 48.2. The topological polar surface area (TPSA) is 149 Å². The Hall–Kier alpha value is -3.93. The van der Waals surface area contributed by atoms with E-state index in [1.54, 1.807) is 6.08 Å². The van der Waals surface area contributed by atoms with Crippen molar-refractivity contribution in [3.05, 3.63) is 146 Å². The van der Waals surface area contributed by atoms with Gasteiger partial charge >= 0.3 is 0 Å². The Bertz CT molecular complexity index is 1780. The summed E-state index contributed by atoms with van der Waals surface area (Å²) in [4.78, 5) is 13.1. The van der Waals surface area contributed by atoms with Gasteiger partial charge in [-0.15, -0.1) is 0 Å². The molecule has 0 aromatic rings. The van der Waals surface area contributed by atoms with Gasteiger partial charge in [-0.3, -0.25) is 4.79 Å². The first-order valence-electron chi connectivity index (χ1n) is 32.6. The number of aliphatic hydroxyl groups excluding tert-OH is 5. The van der Waals surface area contributed by atoms with Gasteiger partial charge in [0.15, 0.2) is 6.29 Å². The van der Waals surface area contributed by atoms with Crippen LogP contribution in [0.15, 0.2) is 146 Å². The smallest absolute Gasteiger partial charge is 0.220 e. The van der Waals surface area contributed by atoms with Gasteiger partial charge in [-0.25, -0.2) is 0 Å². The highest BCUT2D eigenvalue weighted by molar-refractivity contribution is 5.76. The Morgan fingerprint density at radius 2 is 0.778 bits per heavy atom. The third-order valence-corrected chi connectivity index (χ3v) is 14.4. The largest absolute Gasteiger partial charge is 0.394 e. The summed E-state index contributed by atoms with van der Waals surface area (Å²) in [6.07, 6.45) is 84.9. The normalized spacial score (nSPS) is 19.4. The average molecular weight is 1130 g/mol. The zero-order valence-electron chi connectivity index (χ0n) is 51.2. The average Bonchev–Trinajstić information content (AvgIpc) is 3.50. The number of carbonyl (C=O) groups excluding carboxylic acids is 1. The van der Waals surface area contributed by atoms with Crippen molar-refractivity contribution in [1.82, 2.24) is 5.32 Å². The molecule has 7 atom stereocenters. The molecule has 1 fully saturated rings. The molecular weight excluding hydrogens is 1010 g/mol. The van der Waals surface area contributed by atoms with Gasteiger partial charge in [-0.1, -0.05) is 269 Å². The van der Waals surface area contributed by atoms with Crippen molar-refractivity contribution in [2.45, 2.75) is 288 Å². The van der Waals surface area contributed by atoms with Gasteiger partial charge in [0, 0.05) is 6.42 Å². The van der Waals surface area contributed by atoms with Crippen LogP contribution in [0, 0.1) is 0 Å². The molecule has 9 nitrogen and oxygen atoms in total. The fourth-order valence-electron chi connectivity index (χ4n) is 9.30. The van der Waals surface area contributed by atoms with E-state index in [0.29, 0.717) is 6.42 Å². The number of hydrogen-bond acceptors (Lipinski definition) is 8. The van der Waals surface area contributed by atoms with Crippen LogP contribution in [0.3, 0.4) is 0 Å². The highest BCUT2D eigenvalue weighted by Crippen LogP contribution is 2.23. The molecule has 1 amide bonds. The van der Waals surface area contributed by atoms with E-state index < -0.39 is 49.5 Å². The number of allylic oxidation sites excluding steroid dienone is 23. The zero-order valence-corrected chi connectivity index (χ0v) is 51.2. The maximum atomic E-state index is 13.1. The van der Waals surface area contributed by atoms with Crippen molar-refractivity contribution >= 4 is 5.91 Å². The SMILES string of the molecule is CC/C=C\C/C=C\C/C=C\C/C=C\C/C=C\C/C=C\C/C=C\C/C=C\C/C=C\CCCCCCCC(=O)NC(COC1OC(CO)C(O)C(O)C1O)C(O)/C=C/CC/C=C/CC/C=C/CCCCCCCCCCCCCCCCC. The van der Waals surface area contributed by atoms with Gasteiger partial charge in [0.05, 0.1) is 25.4 Å². The Labute approximate surface area is 495 Å². The molecule has 1 aliphatic heterocycles. The lowest BCUT2D eigenvalue weighted by Gasteiger charge is -2.40. The third-order valence-electron chi connectivity index (χ3n) is 14.4. The Morgan fingerprint density at radius 1 is 0.432 bits per heavy atom. The summed E-state index contributed by atoms with van der Waals surface area (Å²) >= 11 is 0. The van der Waals surface area contributed by atoms with Crippen LogP contribution < -0.4 is 5.32 Å². The number of ether oxygens (including phenoxy) is 2. The maximum Gasteiger partial charge on any atom is 0.220 e. The Morgan fingerprint density at radius 3 is 1.19 bits per heavy atom. The molecule has 0 radical (unpaired) electrons. The predicted molar refractivity (Wildman–Crippen MR) is 345 cm³/mol.